The summed E-state index contributed by atoms with van der Waals surface area (Å²) in [5.74, 6) is -0.0787. The Morgan fingerprint density at radius 2 is 1.85 bits per heavy atom. The van der Waals surface area contributed by atoms with E-state index in [1.165, 1.54) is 37.1 Å². The lowest BCUT2D eigenvalue weighted by Gasteiger charge is -2.15. The highest BCUT2D eigenvalue weighted by atomic mass is 32.2. The number of carbonyl (C=O) groups excluding carboxylic acids is 1. The van der Waals surface area contributed by atoms with E-state index in [9.17, 15) is 13.2 Å². The third-order valence-corrected chi connectivity index (χ3v) is 5.66. The zero-order valence-electron chi connectivity index (χ0n) is 15.1. The molecule has 1 amide bonds. The molecule has 2 aromatic rings. The van der Waals surface area contributed by atoms with Crippen molar-refractivity contribution in [1.82, 2.24) is 5.32 Å². The van der Waals surface area contributed by atoms with E-state index in [2.05, 4.69) is 10.0 Å². The van der Waals surface area contributed by atoms with E-state index in [1.54, 1.807) is 12.1 Å². The fourth-order valence-corrected chi connectivity index (χ4v) is 4.03. The molecule has 0 spiro atoms. The smallest absolute Gasteiger partial charge is 0.261 e. The number of para-hydroxylation sites is 1. The summed E-state index contributed by atoms with van der Waals surface area (Å²) in [4.78, 5) is 13.2. The van der Waals surface area contributed by atoms with Crippen LogP contribution < -0.4 is 14.8 Å². The van der Waals surface area contributed by atoms with E-state index >= 15 is 0 Å². The van der Waals surface area contributed by atoms with Gasteiger partial charge in [0.25, 0.3) is 15.9 Å². The van der Waals surface area contributed by atoms with Gasteiger partial charge in [-0.1, -0.05) is 12.1 Å². The molecule has 0 aliphatic rings. The summed E-state index contributed by atoms with van der Waals surface area (Å²) in [6.45, 7) is 3.65. The highest BCUT2D eigenvalue weighted by Crippen LogP contribution is 2.28. The van der Waals surface area contributed by atoms with E-state index in [4.69, 9.17) is 4.74 Å². The lowest BCUT2D eigenvalue weighted by atomic mass is 10.2. The van der Waals surface area contributed by atoms with E-state index in [-0.39, 0.29) is 16.5 Å². The highest BCUT2D eigenvalue weighted by Gasteiger charge is 2.21. The van der Waals surface area contributed by atoms with Gasteiger partial charge in [-0.05, 0) is 50.4 Å². The van der Waals surface area contributed by atoms with Crippen molar-refractivity contribution in [3.63, 3.8) is 0 Å². The number of methoxy groups -OCH3 is 1. The van der Waals surface area contributed by atoms with Crippen LogP contribution in [-0.2, 0) is 10.0 Å². The van der Waals surface area contributed by atoms with Gasteiger partial charge in [-0.3, -0.25) is 9.52 Å². The minimum Gasteiger partial charge on any atom is -0.496 e. The number of rotatable bonds is 7. The summed E-state index contributed by atoms with van der Waals surface area (Å²) < 4.78 is 33.3. The average molecular weight is 395 g/mol. The molecule has 0 heterocycles. The van der Waals surface area contributed by atoms with E-state index < -0.39 is 15.9 Å². The number of nitrogens with one attached hydrogen (secondary N) is 2. The quantitative estimate of drug-likeness (QED) is 0.704. The second-order valence-corrected chi connectivity index (χ2v) is 8.33. The topological polar surface area (TPSA) is 84.5 Å². The Kier molecular flexibility index (Phi) is 6.55. The van der Waals surface area contributed by atoms with Crippen molar-refractivity contribution in [2.45, 2.75) is 29.7 Å². The molecule has 0 fully saturated rings. The summed E-state index contributed by atoms with van der Waals surface area (Å²) in [6.07, 6.45) is 1.87. The van der Waals surface area contributed by atoms with Crippen molar-refractivity contribution in [1.29, 1.82) is 0 Å². The molecule has 2 N–H and O–H groups in total. The second-order valence-electron chi connectivity index (χ2n) is 5.80. The van der Waals surface area contributed by atoms with Gasteiger partial charge < -0.3 is 10.1 Å². The van der Waals surface area contributed by atoms with Gasteiger partial charge in [-0.2, -0.15) is 0 Å². The second kappa shape index (κ2) is 8.46. The first-order valence-electron chi connectivity index (χ1n) is 7.93. The monoisotopic (exact) mass is 394 g/mol. The zero-order chi connectivity index (χ0) is 19.3. The van der Waals surface area contributed by atoms with Gasteiger partial charge in [0.05, 0.1) is 23.3 Å². The number of ether oxygens (including phenoxy) is 1. The van der Waals surface area contributed by atoms with Gasteiger partial charge >= 0.3 is 0 Å². The molecule has 0 saturated carbocycles. The normalized spacial score (nSPS) is 11.3. The minimum atomic E-state index is -3.85. The number of anilines is 1. The first-order chi connectivity index (χ1) is 12.3. The third-order valence-electron chi connectivity index (χ3n) is 3.50. The number of hydrogen-bond acceptors (Lipinski definition) is 5. The molecule has 0 aliphatic heterocycles. The van der Waals surface area contributed by atoms with Crippen LogP contribution >= 0.6 is 11.8 Å². The standard InChI is InChI=1S/C18H22N2O4S2/c1-12(2)19-18(21)14-11-13(9-10-16(14)24-3)26(22,23)20-15-7-5-6-8-17(15)25-4/h5-12,20H,1-4H3,(H,19,21). The van der Waals surface area contributed by atoms with Crippen LogP contribution in [0, 0.1) is 0 Å². The first kappa shape index (κ1) is 20.1. The lowest BCUT2D eigenvalue weighted by Crippen LogP contribution is -2.30. The number of amides is 1. The van der Waals surface area contributed by atoms with Gasteiger partial charge in [-0.15, -0.1) is 11.8 Å². The van der Waals surface area contributed by atoms with Crippen LogP contribution in [0.2, 0.25) is 0 Å². The molecule has 2 rings (SSSR count). The Balaban J connectivity index is 2.42. The molecular weight excluding hydrogens is 372 g/mol. The number of carbonyl (C=O) groups is 1. The van der Waals surface area contributed by atoms with Crippen LogP contribution in [0.3, 0.4) is 0 Å². The highest BCUT2D eigenvalue weighted by molar-refractivity contribution is 7.99. The third kappa shape index (κ3) is 4.70. The predicted octanol–water partition coefficient (Wildman–Crippen LogP) is 3.36. The van der Waals surface area contributed by atoms with E-state index in [1.807, 2.05) is 32.2 Å². The number of hydrogen-bond donors (Lipinski definition) is 2. The molecule has 0 radical (unpaired) electrons. The van der Waals surface area contributed by atoms with Gasteiger partial charge in [-0.25, -0.2) is 8.42 Å². The summed E-state index contributed by atoms with van der Waals surface area (Å²) >= 11 is 1.44. The van der Waals surface area contributed by atoms with Crippen LogP contribution in [0.1, 0.15) is 24.2 Å². The maximum Gasteiger partial charge on any atom is 0.261 e. The molecule has 6 nitrogen and oxygen atoms in total. The SMILES string of the molecule is COc1ccc(S(=O)(=O)Nc2ccccc2SC)cc1C(=O)NC(C)C. The molecular formula is C18H22N2O4S2. The van der Waals surface area contributed by atoms with Crippen molar-refractivity contribution < 1.29 is 17.9 Å². The molecule has 0 unspecified atom stereocenters. The van der Waals surface area contributed by atoms with E-state index in [0.29, 0.717) is 11.4 Å². The molecule has 0 saturated heterocycles. The van der Waals surface area contributed by atoms with Crippen molar-refractivity contribution in [3.05, 3.63) is 48.0 Å². The van der Waals surface area contributed by atoms with Crippen LogP contribution in [0.5, 0.6) is 5.75 Å². The number of sulfonamides is 1. The van der Waals surface area contributed by atoms with Crippen LogP contribution in [0.25, 0.3) is 0 Å². The van der Waals surface area contributed by atoms with Crippen molar-refractivity contribution >= 4 is 33.4 Å². The fraction of sp³-hybridized carbons (Fsp3) is 0.278. The molecule has 0 aliphatic carbocycles. The maximum absolute atomic E-state index is 12.8. The lowest BCUT2D eigenvalue weighted by molar-refractivity contribution is 0.0940. The minimum absolute atomic E-state index is 0.0110. The van der Waals surface area contributed by atoms with Crippen molar-refractivity contribution in [2.75, 3.05) is 18.1 Å². The van der Waals surface area contributed by atoms with Crippen LogP contribution in [0.4, 0.5) is 5.69 Å². The molecule has 2 aromatic carbocycles. The van der Waals surface area contributed by atoms with Crippen molar-refractivity contribution in [2.24, 2.45) is 0 Å². The molecule has 0 atom stereocenters. The molecule has 0 aromatic heterocycles. The Labute approximate surface area is 158 Å². The Morgan fingerprint density at radius 3 is 2.46 bits per heavy atom. The summed E-state index contributed by atoms with van der Waals surface area (Å²) in [5.41, 5.74) is 0.659. The van der Waals surface area contributed by atoms with Gasteiger partial charge in [0.15, 0.2) is 0 Å². The average Bonchev–Trinajstić information content (AvgIpc) is 2.60. The number of thioether (sulfide) groups is 1. The molecule has 26 heavy (non-hydrogen) atoms. The first-order valence-corrected chi connectivity index (χ1v) is 10.6. The summed E-state index contributed by atoms with van der Waals surface area (Å²) in [5, 5.41) is 2.74. The van der Waals surface area contributed by atoms with Crippen LogP contribution in [0.15, 0.2) is 52.3 Å². The fourth-order valence-electron chi connectivity index (χ4n) is 2.30. The van der Waals surface area contributed by atoms with Gasteiger partial charge in [0.1, 0.15) is 5.75 Å². The van der Waals surface area contributed by atoms with E-state index in [0.717, 1.165) is 4.90 Å². The van der Waals surface area contributed by atoms with Gasteiger partial charge in [0.2, 0.25) is 0 Å². The molecule has 140 valence electrons. The molecule has 8 heteroatoms. The Bertz CT molecular complexity index is 896. The van der Waals surface area contributed by atoms with Crippen LogP contribution in [-0.4, -0.2) is 33.7 Å². The zero-order valence-corrected chi connectivity index (χ0v) is 16.7. The maximum atomic E-state index is 12.8. The number of benzene rings is 2. The van der Waals surface area contributed by atoms with Crippen molar-refractivity contribution in [3.8, 4) is 5.75 Å². The Morgan fingerprint density at radius 1 is 1.15 bits per heavy atom. The largest absolute Gasteiger partial charge is 0.496 e. The Hall–Kier alpha value is -2.19. The van der Waals surface area contributed by atoms with Gasteiger partial charge in [0, 0.05) is 10.9 Å². The summed E-state index contributed by atoms with van der Waals surface area (Å²) in [7, 11) is -2.42. The predicted molar refractivity (Wildman–Crippen MR) is 105 cm³/mol. The summed E-state index contributed by atoms with van der Waals surface area (Å²) in [6, 6.07) is 11.2. The molecule has 0 bridgehead atoms.